The first-order valence-electron chi connectivity index (χ1n) is 10.6. The number of thioether (sulfide) groups is 1. The van der Waals surface area contributed by atoms with E-state index >= 15 is 0 Å². The number of ether oxygens (including phenoxy) is 2. The SMILES string of the molecule is CCOc1ccc(C(=O)[C@H](C)Sc2nnc(-c3cccc(OC)c3)n2Cc2ccco2)cc1. The second kappa shape index (κ2) is 10.4. The van der Waals surface area contributed by atoms with Crippen molar-refractivity contribution < 1.29 is 18.7 Å². The van der Waals surface area contributed by atoms with Crippen LogP contribution in [0.2, 0.25) is 0 Å². The Kier molecular flexibility index (Phi) is 7.14. The number of aromatic nitrogens is 3. The third-order valence-electron chi connectivity index (χ3n) is 5.04. The first-order chi connectivity index (χ1) is 16.1. The minimum Gasteiger partial charge on any atom is -0.497 e. The summed E-state index contributed by atoms with van der Waals surface area (Å²) in [5.41, 5.74) is 1.49. The van der Waals surface area contributed by atoms with Crippen LogP contribution in [0.25, 0.3) is 11.4 Å². The maximum absolute atomic E-state index is 13.1. The van der Waals surface area contributed by atoms with E-state index in [0.717, 1.165) is 22.8 Å². The third-order valence-corrected chi connectivity index (χ3v) is 6.12. The summed E-state index contributed by atoms with van der Waals surface area (Å²) < 4.78 is 18.4. The lowest BCUT2D eigenvalue weighted by atomic mass is 10.1. The van der Waals surface area contributed by atoms with Crippen LogP contribution in [0.4, 0.5) is 0 Å². The minimum absolute atomic E-state index is 0.0125. The van der Waals surface area contributed by atoms with E-state index in [4.69, 9.17) is 13.9 Å². The molecule has 0 aliphatic carbocycles. The Bertz CT molecular complexity index is 1200. The van der Waals surface area contributed by atoms with Crippen LogP contribution in [0.1, 0.15) is 30.0 Å². The molecule has 8 heteroatoms. The van der Waals surface area contributed by atoms with Crippen LogP contribution in [0, 0.1) is 0 Å². The van der Waals surface area contributed by atoms with Crippen LogP contribution in [0.5, 0.6) is 11.5 Å². The number of ketones is 1. The predicted molar refractivity (Wildman–Crippen MR) is 127 cm³/mol. The van der Waals surface area contributed by atoms with Gasteiger partial charge in [0.05, 0.1) is 31.8 Å². The first-order valence-corrected chi connectivity index (χ1v) is 11.5. The summed E-state index contributed by atoms with van der Waals surface area (Å²) in [5.74, 6) is 2.93. The molecule has 0 amide bonds. The van der Waals surface area contributed by atoms with Gasteiger partial charge in [0.15, 0.2) is 16.8 Å². The summed E-state index contributed by atoms with van der Waals surface area (Å²) in [6.45, 7) is 4.83. The average molecular weight is 464 g/mol. The molecule has 0 saturated carbocycles. The fourth-order valence-electron chi connectivity index (χ4n) is 3.38. The average Bonchev–Trinajstić information content (AvgIpc) is 3.50. The van der Waals surface area contributed by atoms with E-state index in [1.165, 1.54) is 11.8 Å². The van der Waals surface area contributed by atoms with Gasteiger partial charge in [-0.05, 0) is 62.4 Å². The zero-order valence-electron chi connectivity index (χ0n) is 18.7. The van der Waals surface area contributed by atoms with Crippen molar-refractivity contribution in [2.24, 2.45) is 0 Å². The first kappa shape index (κ1) is 22.7. The molecule has 4 aromatic rings. The molecule has 0 aliphatic rings. The molecule has 0 unspecified atom stereocenters. The zero-order chi connectivity index (χ0) is 23.2. The molecule has 0 radical (unpaired) electrons. The monoisotopic (exact) mass is 463 g/mol. The molecule has 7 nitrogen and oxygen atoms in total. The van der Waals surface area contributed by atoms with Gasteiger partial charge in [-0.2, -0.15) is 0 Å². The molecule has 0 bridgehead atoms. The molecule has 2 aromatic carbocycles. The molecular weight excluding hydrogens is 438 g/mol. The van der Waals surface area contributed by atoms with E-state index in [9.17, 15) is 4.79 Å². The van der Waals surface area contributed by atoms with Crippen molar-refractivity contribution in [1.29, 1.82) is 0 Å². The fraction of sp³-hybridized carbons (Fsp3) is 0.240. The molecule has 4 rings (SSSR count). The Morgan fingerprint density at radius 1 is 1.09 bits per heavy atom. The largest absolute Gasteiger partial charge is 0.497 e. The van der Waals surface area contributed by atoms with E-state index in [1.54, 1.807) is 25.5 Å². The van der Waals surface area contributed by atoms with Gasteiger partial charge in [0.1, 0.15) is 17.3 Å². The van der Waals surface area contributed by atoms with Crippen LogP contribution in [0.3, 0.4) is 0 Å². The quantitative estimate of drug-likeness (QED) is 0.231. The van der Waals surface area contributed by atoms with Gasteiger partial charge < -0.3 is 13.9 Å². The Hall–Kier alpha value is -3.52. The number of carbonyl (C=O) groups excluding carboxylic acids is 1. The van der Waals surface area contributed by atoms with Crippen LogP contribution in [0.15, 0.2) is 76.5 Å². The van der Waals surface area contributed by atoms with Crippen LogP contribution >= 0.6 is 11.8 Å². The summed E-state index contributed by atoms with van der Waals surface area (Å²) in [6, 6.07) is 18.6. The molecule has 170 valence electrons. The third kappa shape index (κ3) is 5.28. The zero-order valence-corrected chi connectivity index (χ0v) is 19.5. The Morgan fingerprint density at radius 3 is 2.61 bits per heavy atom. The van der Waals surface area contributed by atoms with Gasteiger partial charge in [-0.25, -0.2) is 0 Å². The van der Waals surface area contributed by atoms with Gasteiger partial charge in [-0.15, -0.1) is 10.2 Å². The van der Waals surface area contributed by atoms with Crippen molar-refractivity contribution in [3.8, 4) is 22.9 Å². The topological polar surface area (TPSA) is 79.4 Å². The summed E-state index contributed by atoms with van der Waals surface area (Å²) in [4.78, 5) is 13.1. The number of rotatable bonds is 10. The molecule has 1 atom stereocenters. The Labute approximate surface area is 196 Å². The lowest BCUT2D eigenvalue weighted by Crippen LogP contribution is -2.15. The molecule has 0 fully saturated rings. The number of methoxy groups -OCH3 is 1. The molecule has 0 aliphatic heterocycles. The standard InChI is InChI=1S/C25H25N3O4S/c1-4-31-20-12-10-18(11-13-20)23(29)17(2)33-25-27-26-24(19-7-5-8-21(15-19)30-3)28(25)16-22-9-6-14-32-22/h5-15,17H,4,16H2,1-3H3/t17-/m0/s1. The van der Waals surface area contributed by atoms with Crippen molar-refractivity contribution in [2.45, 2.75) is 30.8 Å². The maximum atomic E-state index is 13.1. The van der Waals surface area contributed by atoms with Gasteiger partial charge in [0.25, 0.3) is 0 Å². The molecule has 33 heavy (non-hydrogen) atoms. The number of furan rings is 1. The fourth-order valence-corrected chi connectivity index (χ4v) is 4.31. The van der Waals surface area contributed by atoms with Crippen LogP contribution in [-0.2, 0) is 6.54 Å². The number of carbonyl (C=O) groups is 1. The van der Waals surface area contributed by atoms with Gasteiger partial charge >= 0.3 is 0 Å². The van der Waals surface area contributed by atoms with E-state index in [-0.39, 0.29) is 11.0 Å². The van der Waals surface area contributed by atoms with E-state index in [1.807, 2.05) is 66.9 Å². The predicted octanol–water partition coefficient (Wildman–Crippen LogP) is 5.36. The van der Waals surface area contributed by atoms with Crippen molar-refractivity contribution in [1.82, 2.24) is 14.8 Å². The smallest absolute Gasteiger partial charge is 0.192 e. The van der Waals surface area contributed by atoms with Crippen LogP contribution < -0.4 is 9.47 Å². The molecule has 0 N–H and O–H groups in total. The van der Waals surface area contributed by atoms with Crippen molar-refractivity contribution >= 4 is 17.5 Å². The maximum Gasteiger partial charge on any atom is 0.192 e. The van der Waals surface area contributed by atoms with Crippen LogP contribution in [-0.4, -0.2) is 39.5 Å². The van der Waals surface area contributed by atoms with E-state index < -0.39 is 0 Å². The molecule has 0 saturated heterocycles. The van der Waals surface area contributed by atoms with Crippen molar-refractivity contribution in [3.63, 3.8) is 0 Å². The second-order valence-electron chi connectivity index (χ2n) is 7.29. The summed E-state index contributed by atoms with van der Waals surface area (Å²) >= 11 is 1.37. The molecular formula is C25H25N3O4S. The number of Topliss-reactive ketones (excluding diaryl/α,β-unsaturated/α-hetero) is 1. The van der Waals surface area contributed by atoms with Crippen molar-refractivity contribution in [2.75, 3.05) is 13.7 Å². The summed E-state index contributed by atoms with van der Waals surface area (Å²) in [7, 11) is 1.63. The second-order valence-corrected chi connectivity index (χ2v) is 8.59. The minimum atomic E-state index is -0.361. The lowest BCUT2D eigenvalue weighted by molar-refractivity contribution is 0.0994. The van der Waals surface area contributed by atoms with E-state index in [2.05, 4.69) is 10.2 Å². The highest BCUT2D eigenvalue weighted by molar-refractivity contribution is 8.00. The number of hydrogen-bond donors (Lipinski definition) is 0. The highest BCUT2D eigenvalue weighted by Crippen LogP contribution is 2.30. The summed E-state index contributed by atoms with van der Waals surface area (Å²) in [6.07, 6.45) is 1.63. The Balaban J connectivity index is 1.61. The number of benzene rings is 2. The highest BCUT2D eigenvalue weighted by atomic mass is 32.2. The lowest BCUT2D eigenvalue weighted by Gasteiger charge is -2.13. The Morgan fingerprint density at radius 2 is 1.91 bits per heavy atom. The van der Waals surface area contributed by atoms with E-state index in [0.29, 0.717) is 29.7 Å². The van der Waals surface area contributed by atoms with Gasteiger partial charge in [0.2, 0.25) is 0 Å². The summed E-state index contributed by atoms with van der Waals surface area (Å²) in [5, 5.41) is 9.11. The number of nitrogens with zero attached hydrogens (tertiary/aromatic N) is 3. The number of hydrogen-bond acceptors (Lipinski definition) is 7. The highest BCUT2D eigenvalue weighted by Gasteiger charge is 2.23. The molecule has 2 aromatic heterocycles. The van der Waals surface area contributed by atoms with Gasteiger partial charge in [-0.1, -0.05) is 23.9 Å². The van der Waals surface area contributed by atoms with Crippen molar-refractivity contribution in [3.05, 3.63) is 78.3 Å². The molecule has 0 spiro atoms. The van der Waals surface area contributed by atoms with Gasteiger partial charge in [-0.3, -0.25) is 9.36 Å². The van der Waals surface area contributed by atoms with Gasteiger partial charge in [0, 0.05) is 11.1 Å². The normalized spacial score (nSPS) is 11.8. The molecule has 2 heterocycles.